The molecule has 0 bridgehead atoms. The van der Waals surface area contributed by atoms with Crippen LogP contribution in [0.3, 0.4) is 0 Å². The molecule has 2 rings (SSSR count). The van der Waals surface area contributed by atoms with Gasteiger partial charge in [-0.15, -0.1) is 0 Å². The molecule has 15 heavy (non-hydrogen) atoms. The predicted octanol–water partition coefficient (Wildman–Crippen LogP) is 1.35. The van der Waals surface area contributed by atoms with Gasteiger partial charge in [-0.2, -0.15) is 16.9 Å². The van der Waals surface area contributed by atoms with Gasteiger partial charge in [0.15, 0.2) is 0 Å². The van der Waals surface area contributed by atoms with Crippen LogP contribution in [0.15, 0.2) is 6.07 Å². The molecule has 0 aliphatic carbocycles. The number of hydrogen-bond acceptors (Lipinski definition) is 3. The van der Waals surface area contributed by atoms with Gasteiger partial charge in [0.1, 0.15) is 0 Å². The topological polar surface area (TPSA) is 43.8 Å². The SMILES string of the molecule is Cc1cc(CC(N)C2CCSC2)n(C)n1. The number of nitrogens with two attached hydrogens (primary N) is 1. The first-order valence-electron chi connectivity index (χ1n) is 5.49. The molecule has 1 fully saturated rings. The highest BCUT2D eigenvalue weighted by Crippen LogP contribution is 2.26. The van der Waals surface area contributed by atoms with Crippen molar-refractivity contribution in [3.63, 3.8) is 0 Å². The Morgan fingerprint density at radius 3 is 3.07 bits per heavy atom. The summed E-state index contributed by atoms with van der Waals surface area (Å²) in [5.41, 5.74) is 8.58. The highest BCUT2D eigenvalue weighted by Gasteiger charge is 2.23. The number of thioether (sulfide) groups is 1. The van der Waals surface area contributed by atoms with Gasteiger partial charge < -0.3 is 5.73 Å². The van der Waals surface area contributed by atoms with Gasteiger partial charge in [0.25, 0.3) is 0 Å². The van der Waals surface area contributed by atoms with Gasteiger partial charge in [0.05, 0.1) is 5.69 Å². The third-order valence-electron chi connectivity index (χ3n) is 3.11. The zero-order valence-corrected chi connectivity index (χ0v) is 10.3. The molecule has 2 unspecified atom stereocenters. The second-order valence-corrected chi connectivity index (χ2v) is 5.54. The van der Waals surface area contributed by atoms with Crippen LogP contribution in [0.2, 0.25) is 0 Å². The molecule has 2 N–H and O–H groups in total. The summed E-state index contributed by atoms with van der Waals surface area (Å²) in [6.45, 7) is 2.03. The van der Waals surface area contributed by atoms with Gasteiger partial charge in [-0.1, -0.05) is 0 Å². The van der Waals surface area contributed by atoms with Crippen LogP contribution in [-0.2, 0) is 13.5 Å². The van der Waals surface area contributed by atoms with E-state index >= 15 is 0 Å². The lowest BCUT2D eigenvalue weighted by Crippen LogP contribution is -2.32. The molecule has 0 saturated carbocycles. The summed E-state index contributed by atoms with van der Waals surface area (Å²) in [6.07, 6.45) is 2.24. The van der Waals surface area contributed by atoms with Crippen LogP contribution >= 0.6 is 11.8 Å². The molecule has 1 aromatic rings. The van der Waals surface area contributed by atoms with E-state index in [-0.39, 0.29) is 0 Å². The van der Waals surface area contributed by atoms with E-state index in [1.165, 1.54) is 23.6 Å². The Balaban J connectivity index is 1.98. The number of aryl methyl sites for hydroxylation is 2. The fraction of sp³-hybridized carbons (Fsp3) is 0.727. The molecular weight excluding hydrogens is 206 g/mol. The molecule has 84 valence electrons. The second kappa shape index (κ2) is 4.58. The lowest BCUT2D eigenvalue weighted by atomic mass is 9.96. The first kappa shape index (κ1) is 11.0. The lowest BCUT2D eigenvalue weighted by molar-refractivity contribution is 0.452. The summed E-state index contributed by atoms with van der Waals surface area (Å²) in [4.78, 5) is 0. The molecular formula is C11H19N3S. The number of rotatable bonds is 3. The van der Waals surface area contributed by atoms with Crippen molar-refractivity contribution in [2.75, 3.05) is 11.5 Å². The Hall–Kier alpha value is -0.480. The summed E-state index contributed by atoms with van der Waals surface area (Å²) in [5.74, 6) is 3.21. The molecule has 3 nitrogen and oxygen atoms in total. The molecule has 2 atom stereocenters. The average molecular weight is 225 g/mol. The molecule has 0 aromatic carbocycles. The van der Waals surface area contributed by atoms with Crippen molar-refractivity contribution in [2.24, 2.45) is 18.7 Å². The molecule has 2 heterocycles. The van der Waals surface area contributed by atoms with E-state index in [0.29, 0.717) is 12.0 Å². The molecule has 1 aliphatic heterocycles. The average Bonchev–Trinajstić information content (AvgIpc) is 2.76. The molecule has 0 spiro atoms. The minimum Gasteiger partial charge on any atom is -0.327 e. The largest absolute Gasteiger partial charge is 0.327 e. The van der Waals surface area contributed by atoms with Crippen LogP contribution < -0.4 is 5.73 Å². The van der Waals surface area contributed by atoms with Crippen LogP contribution in [0.25, 0.3) is 0 Å². The van der Waals surface area contributed by atoms with Crippen LogP contribution in [0.1, 0.15) is 17.8 Å². The van der Waals surface area contributed by atoms with Gasteiger partial charge in [-0.05, 0) is 36.8 Å². The first-order valence-corrected chi connectivity index (χ1v) is 6.65. The van der Waals surface area contributed by atoms with Crippen molar-refractivity contribution in [2.45, 2.75) is 25.8 Å². The Bertz CT molecular complexity index is 329. The number of hydrogen-bond donors (Lipinski definition) is 1. The van der Waals surface area contributed by atoms with Crippen LogP contribution in [-0.4, -0.2) is 27.3 Å². The summed E-state index contributed by atoms with van der Waals surface area (Å²) in [7, 11) is 2.00. The summed E-state index contributed by atoms with van der Waals surface area (Å²) < 4.78 is 1.96. The van der Waals surface area contributed by atoms with E-state index in [2.05, 4.69) is 11.2 Å². The highest BCUT2D eigenvalue weighted by atomic mass is 32.2. The van der Waals surface area contributed by atoms with Crippen molar-refractivity contribution in [1.82, 2.24) is 9.78 Å². The summed E-state index contributed by atoms with van der Waals surface area (Å²) >= 11 is 2.03. The van der Waals surface area contributed by atoms with Gasteiger partial charge in [0, 0.05) is 25.2 Å². The third-order valence-corrected chi connectivity index (χ3v) is 4.30. The van der Waals surface area contributed by atoms with Crippen LogP contribution in [0, 0.1) is 12.8 Å². The predicted molar refractivity (Wildman–Crippen MR) is 65.1 cm³/mol. The first-order chi connectivity index (χ1) is 7.16. The van der Waals surface area contributed by atoms with Gasteiger partial charge in [0.2, 0.25) is 0 Å². The Labute approximate surface area is 95.4 Å². The van der Waals surface area contributed by atoms with E-state index < -0.39 is 0 Å². The molecule has 4 heteroatoms. The lowest BCUT2D eigenvalue weighted by Gasteiger charge is -2.17. The van der Waals surface area contributed by atoms with E-state index in [1.807, 2.05) is 30.4 Å². The zero-order valence-electron chi connectivity index (χ0n) is 9.44. The van der Waals surface area contributed by atoms with E-state index in [1.54, 1.807) is 0 Å². The maximum absolute atomic E-state index is 6.23. The fourth-order valence-electron chi connectivity index (χ4n) is 2.15. The molecule has 1 aromatic heterocycles. The van der Waals surface area contributed by atoms with Crippen molar-refractivity contribution < 1.29 is 0 Å². The fourth-order valence-corrected chi connectivity index (χ4v) is 3.51. The monoisotopic (exact) mass is 225 g/mol. The van der Waals surface area contributed by atoms with Gasteiger partial charge in [-0.25, -0.2) is 0 Å². The minimum atomic E-state index is 0.301. The van der Waals surface area contributed by atoms with E-state index in [9.17, 15) is 0 Å². The quantitative estimate of drug-likeness (QED) is 0.844. The molecule has 0 amide bonds. The maximum Gasteiger partial charge on any atom is 0.0596 e. The van der Waals surface area contributed by atoms with Crippen molar-refractivity contribution >= 4 is 11.8 Å². The smallest absolute Gasteiger partial charge is 0.0596 e. The van der Waals surface area contributed by atoms with Gasteiger partial charge >= 0.3 is 0 Å². The van der Waals surface area contributed by atoms with Crippen molar-refractivity contribution in [3.05, 3.63) is 17.5 Å². The Morgan fingerprint density at radius 1 is 1.73 bits per heavy atom. The highest BCUT2D eigenvalue weighted by molar-refractivity contribution is 7.99. The summed E-state index contributed by atoms with van der Waals surface area (Å²) in [6, 6.07) is 2.44. The number of aromatic nitrogens is 2. The Kier molecular flexibility index (Phi) is 3.36. The zero-order chi connectivity index (χ0) is 10.8. The maximum atomic E-state index is 6.23. The van der Waals surface area contributed by atoms with E-state index in [0.717, 1.165) is 12.1 Å². The Morgan fingerprint density at radius 2 is 2.53 bits per heavy atom. The standard InChI is InChI=1S/C11H19N3S/c1-8-5-10(14(2)13-8)6-11(12)9-3-4-15-7-9/h5,9,11H,3-4,6-7,12H2,1-2H3. The minimum absolute atomic E-state index is 0.301. The number of nitrogens with zero attached hydrogens (tertiary/aromatic N) is 2. The van der Waals surface area contributed by atoms with Crippen molar-refractivity contribution in [3.8, 4) is 0 Å². The summed E-state index contributed by atoms with van der Waals surface area (Å²) in [5, 5.41) is 4.35. The van der Waals surface area contributed by atoms with Crippen molar-refractivity contribution in [1.29, 1.82) is 0 Å². The van der Waals surface area contributed by atoms with Crippen LogP contribution in [0.4, 0.5) is 0 Å². The molecule has 1 aliphatic rings. The van der Waals surface area contributed by atoms with E-state index in [4.69, 9.17) is 5.73 Å². The molecule has 0 radical (unpaired) electrons. The molecule has 1 saturated heterocycles. The van der Waals surface area contributed by atoms with Crippen LogP contribution in [0.5, 0.6) is 0 Å². The second-order valence-electron chi connectivity index (χ2n) is 4.39. The third kappa shape index (κ3) is 2.55. The normalized spacial score (nSPS) is 23.3. The van der Waals surface area contributed by atoms with Gasteiger partial charge in [-0.3, -0.25) is 4.68 Å².